The summed E-state index contributed by atoms with van der Waals surface area (Å²) in [5.41, 5.74) is 0.603. The molecule has 0 radical (unpaired) electrons. The maximum absolute atomic E-state index is 12.1. The highest BCUT2D eigenvalue weighted by Crippen LogP contribution is 2.29. The highest BCUT2D eigenvalue weighted by Gasteiger charge is 2.19. The van der Waals surface area contributed by atoms with E-state index in [0.29, 0.717) is 16.8 Å². The Morgan fingerprint density at radius 1 is 1.24 bits per heavy atom. The zero-order valence-electron chi connectivity index (χ0n) is 10.9. The second-order valence-corrected chi connectivity index (χ2v) is 5.43. The van der Waals surface area contributed by atoms with Crippen molar-refractivity contribution in [2.75, 3.05) is 0 Å². The van der Waals surface area contributed by atoms with Gasteiger partial charge in [-0.25, -0.2) is 0 Å². The maximum Gasteiger partial charge on any atom is 0.265 e. The number of benzene rings is 1. The smallest absolute Gasteiger partial charge is 0.265 e. The molecule has 1 aromatic carbocycles. The van der Waals surface area contributed by atoms with Crippen LogP contribution in [-0.2, 0) is 6.54 Å². The molecular weight excluding hydrogens is 288 g/mol. The van der Waals surface area contributed by atoms with Crippen LogP contribution in [0.5, 0.6) is 5.75 Å². The fourth-order valence-electron chi connectivity index (χ4n) is 2.07. The maximum atomic E-state index is 12.1. The van der Waals surface area contributed by atoms with Crippen molar-refractivity contribution in [2.24, 2.45) is 0 Å². The van der Waals surface area contributed by atoms with E-state index in [9.17, 15) is 14.7 Å². The molecule has 3 N–H and O–H groups in total. The van der Waals surface area contributed by atoms with Crippen molar-refractivity contribution in [3.63, 3.8) is 0 Å². The van der Waals surface area contributed by atoms with Gasteiger partial charge in [0.2, 0.25) is 0 Å². The number of thiophene rings is 1. The van der Waals surface area contributed by atoms with Crippen molar-refractivity contribution in [3.05, 3.63) is 63.3 Å². The van der Waals surface area contributed by atoms with Crippen LogP contribution in [0, 0.1) is 0 Å². The van der Waals surface area contributed by atoms with Gasteiger partial charge in [-0.1, -0.05) is 30.3 Å². The molecule has 0 bridgehead atoms. The Balaban J connectivity index is 1.89. The van der Waals surface area contributed by atoms with Crippen LogP contribution in [0.15, 0.2) is 46.6 Å². The summed E-state index contributed by atoms with van der Waals surface area (Å²) < 4.78 is 0.500. The van der Waals surface area contributed by atoms with Gasteiger partial charge in [-0.2, -0.15) is 0 Å². The average Bonchev–Trinajstić information content (AvgIpc) is 2.94. The largest absolute Gasteiger partial charge is 0.505 e. The number of amides is 1. The van der Waals surface area contributed by atoms with E-state index in [2.05, 4.69) is 10.3 Å². The molecule has 2 heterocycles. The SMILES string of the molecule is O=C(NCc1ccccc1)c1c(O)c2sccc2[nH]c1=O. The van der Waals surface area contributed by atoms with Gasteiger partial charge >= 0.3 is 0 Å². The molecule has 21 heavy (non-hydrogen) atoms. The van der Waals surface area contributed by atoms with Crippen LogP contribution in [0.3, 0.4) is 0 Å². The minimum absolute atomic E-state index is 0.249. The molecule has 0 aliphatic heterocycles. The number of aromatic hydroxyl groups is 1. The van der Waals surface area contributed by atoms with Gasteiger partial charge in [-0.05, 0) is 17.0 Å². The molecule has 106 valence electrons. The topological polar surface area (TPSA) is 82.2 Å². The number of aromatic amines is 1. The van der Waals surface area contributed by atoms with Gasteiger partial charge in [0.1, 0.15) is 5.56 Å². The first-order valence-electron chi connectivity index (χ1n) is 6.31. The van der Waals surface area contributed by atoms with E-state index in [1.54, 1.807) is 11.4 Å². The predicted octanol–water partition coefficient (Wildman–Crippen LogP) is 2.23. The number of rotatable bonds is 3. The highest BCUT2D eigenvalue weighted by atomic mass is 32.1. The number of carbonyl (C=O) groups excluding carboxylic acids is 1. The second kappa shape index (κ2) is 5.41. The monoisotopic (exact) mass is 300 g/mol. The third-order valence-corrected chi connectivity index (χ3v) is 4.04. The fourth-order valence-corrected chi connectivity index (χ4v) is 2.87. The van der Waals surface area contributed by atoms with Gasteiger partial charge in [0.25, 0.3) is 11.5 Å². The van der Waals surface area contributed by atoms with E-state index in [-0.39, 0.29) is 11.3 Å². The normalized spacial score (nSPS) is 10.7. The molecule has 0 saturated heterocycles. The Morgan fingerprint density at radius 3 is 2.76 bits per heavy atom. The number of hydrogen-bond donors (Lipinski definition) is 3. The number of aromatic nitrogens is 1. The summed E-state index contributed by atoms with van der Waals surface area (Å²) in [5.74, 6) is -0.859. The molecule has 0 unspecified atom stereocenters. The van der Waals surface area contributed by atoms with Gasteiger partial charge in [-0.15, -0.1) is 11.3 Å². The number of pyridine rings is 1. The van der Waals surface area contributed by atoms with Crippen LogP contribution in [0.1, 0.15) is 15.9 Å². The van der Waals surface area contributed by atoms with Crippen molar-refractivity contribution in [2.45, 2.75) is 6.54 Å². The summed E-state index contributed by atoms with van der Waals surface area (Å²) in [6.07, 6.45) is 0. The summed E-state index contributed by atoms with van der Waals surface area (Å²) in [4.78, 5) is 26.7. The van der Waals surface area contributed by atoms with Gasteiger partial charge in [0.15, 0.2) is 5.75 Å². The Kier molecular flexibility index (Phi) is 3.45. The predicted molar refractivity (Wildman–Crippen MR) is 81.7 cm³/mol. The zero-order valence-corrected chi connectivity index (χ0v) is 11.7. The molecule has 5 nitrogen and oxygen atoms in total. The molecule has 1 amide bonds. The summed E-state index contributed by atoms with van der Waals surface area (Å²) in [6.45, 7) is 0.293. The van der Waals surface area contributed by atoms with E-state index in [0.717, 1.165) is 5.56 Å². The molecule has 0 aliphatic carbocycles. The molecule has 0 aliphatic rings. The van der Waals surface area contributed by atoms with Crippen molar-refractivity contribution in [3.8, 4) is 5.75 Å². The number of fused-ring (bicyclic) bond motifs is 1. The van der Waals surface area contributed by atoms with Crippen LogP contribution < -0.4 is 10.9 Å². The molecule has 0 fully saturated rings. The number of H-pyrrole nitrogens is 1. The summed E-state index contributed by atoms with van der Waals surface area (Å²) in [6, 6.07) is 11.0. The summed E-state index contributed by atoms with van der Waals surface area (Å²) >= 11 is 1.27. The first-order chi connectivity index (χ1) is 10.2. The van der Waals surface area contributed by atoms with E-state index in [1.807, 2.05) is 30.3 Å². The second-order valence-electron chi connectivity index (χ2n) is 4.51. The standard InChI is InChI=1S/C15H12N2O3S/c18-12-11(15(20)17-10-6-7-21-13(10)12)14(19)16-8-9-4-2-1-3-5-9/h1-7H,8H2,(H,16,19)(H2,17,18,20). The van der Waals surface area contributed by atoms with Crippen LogP contribution in [0.4, 0.5) is 0 Å². The Bertz CT molecular complexity index is 852. The Labute approximate surface area is 123 Å². The highest BCUT2D eigenvalue weighted by molar-refractivity contribution is 7.17. The Hall–Kier alpha value is -2.60. The van der Waals surface area contributed by atoms with Crippen LogP contribution >= 0.6 is 11.3 Å². The molecule has 0 spiro atoms. The molecular formula is C15H12N2O3S. The van der Waals surface area contributed by atoms with E-state index in [4.69, 9.17) is 0 Å². The molecule has 2 aromatic heterocycles. The number of nitrogens with one attached hydrogen (secondary N) is 2. The van der Waals surface area contributed by atoms with Crippen LogP contribution in [0.25, 0.3) is 10.2 Å². The zero-order chi connectivity index (χ0) is 14.8. The minimum Gasteiger partial charge on any atom is -0.505 e. The summed E-state index contributed by atoms with van der Waals surface area (Å²) in [5, 5.41) is 14.5. The number of hydrogen-bond acceptors (Lipinski definition) is 4. The van der Waals surface area contributed by atoms with E-state index in [1.165, 1.54) is 11.3 Å². The van der Waals surface area contributed by atoms with Gasteiger partial charge in [-0.3, -0.25) is 9.59 Å². The molecule has 3 aromatic rings. The third kappa shape index (κ3) is 2.53. The first kappa shape index (κ1) is 13.4. The van der Waals surface area contributed by atoms with Crippen molar-refractivity contribution in [1.29, 1.82) is 0 Å². The van der Waals surface area contributed by atoms with E-state index >= 15 is 0 Å². The van der Waals surface area contributed by atoms with Crippen molar-refractivity contribution < 1.29 is 9.90 Å². The molecule has 0 saturated carbocycles. The lowest BCUT2D eigenvalue weighted by Gasteiger charge is -2.07. The lowest BCUT2D eigenvalue weighted by molar-refractivity contribution is 0.0947. The fraction of sp³-hybridized carbons (Fsp3) is 0.0667. The third-order valence-electron chi connectivity index (χ3n) is 3.12. The molecule has 6 heteroatoms. The molecule has 3 rings (SSSR count). The van der Waals surface area contributed by atoms with Gasteiger partial charge in [0, 0.05) is 6.54 Å². The lowest BCUT2D eigenvalue weighted by Crippen LogP contribution is -2.29. The van der Waals surface area contributed by atoms with Crippen molar-refractivity contribution >= 4 is 27.5 Å². The lowest BCUT2D eigenvalue weighted by atomic mass is 10.2. The summed E-state index contributed by atoms with van der Waals surface area (Å²) in [7, 11) is 0. The minimum atomic E-state index is -0.594. The van der Waals surface area contributed by atoms with Gasteiger partial charge < -0.3 is 15.4 Å². The average molecular weight is 300 g/mol. The van der Waals surface area contributed by atoms with Crippen LogP contribution in [-0.4, -0.2) is 16.0 Å². The Morgan fingerprint density at radius 2 is 2.00 bits per heavy atom. The van der Waals surface area contributed by atoms with E-state index < -0.39 is 11.5 Å². The van der Waals surface area contributed by atoms with Crippen LogP contribution in [0.2, 0.25) is 0 Å². The first-order valence-corrected chi connectivity index (χ1v) is 7.19. The van der Waals surface area contributed by atoms with Crippen molar-refractivity contribution in [1.82, 2.24) is 10.3 Å². The quantitative estimate of drug-likeness (QED) is 0.693. The van der Waals surface area contributed by atoms with Gasteiger partial charge in [0.05, 0.1) is 10.2 Å². The number of carbonyl (C=O) groups is 1. The molecule has 0 atom stereocenters.